The number of aromatic amines is 2. The molecule has 118 valence electrons. The second-order valence-corrected chi connectivity index (χ2v) is 4.98. The molecule has 0 atom stereocenters. The van der Waals surface area contributed by atoms with E-state index in [9.17, 15) is 14.4 Å². The van der Waals surface area contributed by atoms with Gasteiger partial charge >= 0.3 is 5.69 Å². The number of aromatic nitrogens is 4. The minimum Gasteiger partial charge on any atom is -0.356 e. The highest BCUT2D eigenvalue weighted by atomic mass is 16.2. The Morgan fingerprint density at radius 3 is 2.86 bits per heavy atom. The first-order valence-corrected chi connectivity index (χ1v) is 7.12. The molecule has 0 bridgehead atoms. The molecule has 3 N–H and O–H groups in total. The first-order valence-electron chi connectivity index (χ1n) is 7.12. The van der Waals surface area contributed by atoms with Crippen LogP contribution in [0.15, 0.2) is 28.0 Å². The van der Waals surface area contributed by atoms with Crippen LogP contribution in [0.1, 0.15) is 24.1 Å². The van der Waals surface area contributed by atoms with Gasteiger partial charge in [0.2, 0.25) is 5.91 Å². The van der Waals surface area contributed by atoms with Crippen LogP contribution < -0.4 is 16.6 Å². The van der Waals surface area contributed by atoms with Gasteiger partial charge in [0, 0.05) is 43.2 Å². The number of hydrogen-bond donors (Lipinski definition) is 3. The molecule has 0 aliphatic rings. The molecule has 2 aromatic heterocycles. The summed E-state index contributed by atoms with van der Waals surface area (Å²) >= 11 is 0. The molecule has 0 unspecified atom stereocenters. The summed E-state index contributed by atoms with van der Waals surface area (Å²) in [5.41, 5.74) is -0.0337. The lowest BCUT2D eigenvalue weighted by molar-refractivity contribution is -0.121. The summed E-state index contributed by atoms with van der Waals surface area (Å²) in [5, 5.41) is 6.87. The summed E-state index contributed by atoms with van der Waals surface area (Å²) < 4.78 is 1.80. The monoisotopic (exact) mass is 305 g/mol. The molecule has 0 aliphatic heterocycles. The molecule has 0 radical (unpaired) electrons. The Bertz CT molecular complexity index is 730. The molecule has 0 fully saturated rings. The Hall–Kier alpha value is -2.64. The molecule has 1 amide bonds. The molecule has 8 heteroatoms. The van der Waals surface area contributed by atoms with Crippen molar-refractivity contribution in [3.63, 3.8) is 0 Å². The number of nitrogens with zero attached hydrogens (tertiary/aromatic N) is 2. The van der Waals surface area contributed by atoms with Crippen molar-refractivity contribution in [2.24, 2.45) is 0 Å². The minimum absolute atomic E-state index is 0.120. The highest BCUT2D eigenvalue weighted by Crippen LogP contribution is 1.99. The van der Waals surface area contributed by atoms with E-state index in [-0.39, 0.29) is 12.3 Å². The fourth-order valence-electron chi connectivity index (χ4n) is 2.16. The normalized spacial score (nSPS) is 10.6. The van der Waals surface area contributed by atoms with Gasteiger partial charge in [0.1, 0.15) is 0 Å². The van der Waals surface area contributed by atoms with Gasteiger partial charge in [0.05, 0.1) is 0 Å². The molecular formula is C14H19N5O3. The molecule has 22 heavy (non-hydrogen) atoms. The third-order valence-corrected chi connectivity index (χ3v) is 3.30. The SMILES string of the molecule is Cc1[nH]c(=O)[nH]c(=O)c1CCC(=O)NCCCn1cccn1. The van der Waals surface area contributed by atoms with Gasteiger partial charge in [-0.25, -0.2) is 4.79 Å². The van der Waals surface area contributed by atoms with E-state index >= 15 is 0 Å². The molecular weight excluding hydrogens is 286 g/mol. The maximum Gasteiger partial charge on any atom is 0.325 e. The van der Waals surface area contributed by atoms with Crippen LogP contribution in [0.2, 0.25) is 0 Å². The quantitative estimate of drug-likeness (QED) is 0.610. The average Bonchev–Trinajstić information content (AvgIpc) is 2.95. The number of nitrogens with one attached hydrogen (secondary N) is 3. The fraction of sp³-hybridized carbons (Fsp3) is 0.429. The van der Waals surface area contributed by atoms with E-state index in [4.69, 9.17) is 0 Å². The Labute approximate surface area is 126 Å². The van der Waals surface area contributed by atoms with Crippen LogP contribution in [0, 0.1) is 6.92 Å². The van der Waals surface area contributed by atoms with E-state index in [2.05, 4.69) is 20.4 Å². The zero-order valence-corrected chi connectivity index (χ0v) is 12.4. The molecule has 0 spiro atoms. The van der Waals surface area contributed by atoms with E-state index < -0.39 is 11.2 Å². The summed E-state index contributed by atoms with van der Waals surface area (Å²) in [6.45, 7) is 2.94. The number of hydrogen-bond acceptors (Lipinski definition) is 4. The molecule has 2 aromatic rings. The molecule has 8 nitrogen and oxygen atoms in total. The number of H-pyrrole nitrogens is 2. The second kappa shape index (κ2) is 7.39. The average molecular weight is 305 g/mol. The minimum atomic E-state index is -0.533. The lowest BCUT2D eigenvalue weighted by Crippen LogP contribution is -2.29. The van der Waals surface area contributed by atoms with E-state index in [0.29, 0.717) is 24.2 Å². The molecule has 0 saturated carbocycles. The molecule has 0 saturated heterocycles. The summed E-state index contributed by atoms with van der Waals surface area (Å²) in [6.07, 6.45) is 4.86. The summed E-state index contributed by atoms with van der Waals surface area (Å²) in [6, 6.07) is 1.85. The first-order chi connectivity index (χ1) is 10.6. The number of carbonyl (C=O) groups is 1. The largest absolute Gasteiger partial charge is 0.356 e. The second-order valence-electron chi connectivity index (χ2n) is 4.98. The molecule has 2 heterocycles. The van der Waals surface area contributed by atoms with Crippen molar-refractivity contribution < 1.29 is 4.79 Å². The zero-order valence-electron chi connectivity index (χ0n) is 12.4. The zero-order chi connectivity index (χ0) is 15.9. The predicted octanol–water partition coefficient (Wildman–Crippen LogP) is -0.293. The van der Waals surface area contributed by atoms with Crippen molar-refractivity contribution in [1.82, 2.24) is 25.1 Å². The van der Waals surface area contributed by atoms with Crippen LogP contribution in [0.3, 0.4) is 0 Å². The van der Waals surface area contributed by atoms with Crippen molar-refractivity contribution in [3.05, 3.63) is 50.6 Å². The first kappa shape index (κ1) is 15.7. The highest BCUT2D eigenvalue weighted by Gasteiger charge is 2.08. The standard InChI is InChI=1S/C14H19N5O3/c1-10-11(13(21)18-14(22)17-10)4-5-12(20)15-6-2-8-19-9-3-7-16-19/h3,7,9H,2,4-6,8H2,1H3,(H,15,20)(H2,17,18,21,22). The van der Waals surface area contributed by atoms with Gasteiger partial charge in [-0.15, -0.1) is 0 Å². The maximum absolute atomic E-state index is 11.7. The smallest absolute Gasteiger partial charge is 0.325 e. The highest BCUT2D eigenvalue weighted by molar-refractivity contribution is 5.76. The van der Waals surface area contributed by atoms with Crippen LogP contribution in [0.5, 0.6) is 0 Å². The number of carbonyl (C=O) groups excluding carboxylic acids is 1. The Morgan fingerprint density at radius 2 is 2.18 bits per heavy atom. The Balaban J connectivity index is 1.74. The van der Waals surface area contributed by atoms with E-state index in [1.807, 2.05) is 12.3 Å². The van der Waals surface area contributed by atoms with Gasteiger partial charge in [0.25, 0.3) is 5.56 Å². The van der Waals surface area contributed by atoms with Gasteiger partial charge in [0.15, 0.2) is 0 Å². The topological polar surface area (TPSA) is 113 Å². The lowest BCUT2D eigenvalue weighted by atomic mass is 10.1. The maximum atomic E-state index is 11.7. The number of aryl methyl sites for hydroxylation is 2. The fourth-order valence-corrected chi connectivity index (χ4v) is 2.16. The lowest BCUT2D eigenvalue weighted by Gasteiger charge is -2.06. The van der Waals surface area contributed by atoms with E-state index in [1.165, 1.54) is 0 Å². The van der Waals surface area contributed by atoms with Crippen molar-refractivity contribution in [1.29, 1.82) is 0 Å². The van der Waals surface area contributed by atoms with Crippen LogP contribution >= 0.6 is 0 Å². The predicted molar refractivity (Wildman–Crippen MR) is 80.6 cm³/mol. The van der Waals surface area contributed by atoms with Crippen molar-refractivity contribution in [2.75, 3.05) is 6.54 Å². The van der Waals surface area contributed by atoms with Gasteiger partial charge in [-0.05, 0) is 25.8 Å². The van der Waals surface area contributed by atoms with Crippen LogP contribution in [-0.4, -0.2) is 32.2 Å². The molecule has 0 aliphatic carbocycles. The van der Waals surface area contributed by atoms with Crippen LogP contribution in [-0.2, 0) is 17.8 Å². The van der Waals surface area contributed by atoms with Crippen molar-refractivity contribution >= 4 is 5.91 Å². The number of rotatable bonds is 7. The van der Waals surface area contributed by atoms with Gasteiger partial charge in [-0.3, -0.25) is 19.3 Å². The summed E-state index contributed by atoms with van der Waals surface area (Å²) in [5.74, 6) is -0.120. The van der Waals surface area contributed by atoms with E-state index in [1.54, 1.807) is 17.8 Å². The third-order valence-electron chi connectivity index (χ3n) is 3.30. The third kappa shape index (κ3) is 4.44. The number of amides is 1. The van der Waals surface area contributed by atoms with Crippen molar-refractivity contribution in [3.8, 4) is 0 Å². The Kier molecular flexibility index (Phi) is 5.29. The molecule has 2 rings (SSSR count). The summed E-state index contributed by atoms with van der Waals surface area (Å²) in [4.78, 5) is 39.2. The van der Waals surface area contributed by atoms with Crippen molar-refractivity contribution in [2.45, 2.75) is 32.7 Å². The molecule has 0 aromatic carbocycles. The van der Waals surface area contributed by atoms with E-state index in [0.717, 1.165) is 13.0 Å². The van der Waals surface area contributed by atoms with Gasteiger partial charge in [-0.2, -0.15) is 5.10 Å². The Morgan fingerprint density at radius 1 is 1.36 bits per heavy atom. The van der Waals surface area contributed by atoms with Crippen LogP contribution in [0.4, 0.5) is 0 Å². The summed E-state index contributed by atoms with van der Waals surface area (Å²) in [7, 11) is 0. The van der Waals surface area contributed by atoms with Gasteiger partial charge in [-0.1, -0.05) is 0 Å². The van der Waals surface area contributed by atoms with Gasteiger partial charge < -0.3 is 10.3 Å². The van der Waals surface area contributed by atoms with Crippen LogP contribution in [0.25, 0.3) is 0 Å².